The van der Waals surface area contributed by atoms with Crippen LogP contribution in [0.2, 0.25) is 0 Å². The van der Waals surface area contributed by atoms with Gasteiger partial charge < -0.3 is 5.11 Å². The van der Waals surface area contributed by atoms with E-state index in [9.17, 15) is 9.90 Å². The zero-order valence-electron chi connectivity index (χ0n) is 11.2. The first-order chi connectivity index (χ1) is 9.65. The van der Waals surface area contributed by atoms with Crippen LogP contribution >= 0.6 is 0 Å². The normalized spacial score (nSPS) is 13.2. The second-order valence-electron chi connectivity index (χ2n) is 4.62. The van der Waals surface area contributed by atoms with Crippen LogP contribution in [0, 0.1) is 11.3 Å². The lowest BCUT2D eigenvalue weighted by molar-refractivity contribution is 0.0746. The molecule has 1 N–H and O–H groups in total. The van der Waals surface area contributed by atoms with E-state index >= 15 is 0 Å². The highest BCUT2D eigenvalue weighted by Gasteiger charge is 2.23. The number of benzene rings is 2. The molecule has 0 aliphatic rings. The summed E-state index contributed by atoms with van der Waals surface area (Å²) < 4.78 is 0. The standard InChI is InChI=1S/C17H15NO2/c1-12(11-18)14-9-5-6-10-15(14)17(20)16(19)13-7-3-2-4-8-13/h2-10,12,16,19H,1H3. The predicted octanol–water partition coefficient (Wildman–Crippen LogP) is 3.23. The molecule has 0 saturated carbocycles. The van der Waals surface area contributed by atoms with E-state index in [1.54, 1.807) is 55.5 Å². The minimum atomic E-state index is -1.21. The van der Waals surface area contributed by atoms with Gasteiger partial charge in [0.1, 0.15) is 6.10 Å². The molecular weight excluding hydrogens is 250 g/mol. The van der Waals surface area contributed by atoms with E-state index in [1.165, 1.54) is 0 Å². The lowest BCUT2D eigenvalue weighted by Crippen LogP contribution is -2.15. The van der Waals surface area contributed by atoms with E-state index in [4.69, 9.17) is 5.26 Å². The van der Waals surface area contributed by atoms with E-state index < -0.39 is 12.0 Å². The molecule has 0 heterocycles. The summed E-state index contributed by atoms with van der Waals surface area (Å²) in [5.41, 5.74) is 1.60. The van der Waals surface area contributed by atoms with Crippen molar-refractivity contribution in [3.8, 4) is 6.07 Å². The van der Waals surface area contributed by atoms with Crippen molar-refractivity contribution in [2.75, 3.05) is 0 Å². The van der Waals surface area contributed by atoms with E-state index in [0.29, 0.717) is 16.7 Å². The number of aliphatic hydroxyl groups excluding tert-OH is 1. The summed E-state index contributed by atoms with van der Waals surface area (Å²) in [7, 11) is 0. The smallest absolute Gasteiger partial charge is 0.196 e. The van der Waals surface area contributed by atoms with E-state index in [1.807, 2.05) is 6.07 Å². The monoisotopic (exact) mass is 265 g/mol. The van der Waals surface area contributed by atoms with Gasteiger partial charge >= 0.3 is 0 Å². The van der Waals surface area contributed by atoms with Crippen molar-refractivity contribution >= 4 is 5.78 Å². The number of nitrogens with zero attached hydrogens (tertiary/aromatic N) is 1. The Bertz CT molecular complexity index is 644. The van der Waals surface area contributed by atoms with Gasteiger partial charge in [0.15, 0.2) is 5.78 Å². The van der Waals surface area contributed by atoms with Crippen molar-refractivity contribution < 1.29 is 9.90 Å². The molecule has 2 unspecified atom stereocenters. The predicted molar refractivity (Wildman–Crippen MR) is 76.2 cm³/mol. The van der Waals surface area contributed by atoms with Crippen molar-refractivity contribution in [3.63, 3.8) is 0 Å². The molecule has 0 spiro atoms. The van der Waals surface area contributed by atoms with Crippen molar-refractivity contribution in [2.45, 2.75) is 18.9 Å². The van der Waals surface area contributed by atoms with E-state index in [2.05, 4.69) is 6.07 Å². The third kappa shape index (κ3) is 2.76. The molecule has 0 aliphatic carbocycles. The van der Waals surface area contributed by atoms with Gasteiger partial charge in [0.2, 0.25) is 0 Å². The number of hydrogen-bond acceptors (Lipinski definition) is 3. The molecule has 0 aromatic heterocycles. The number of hydrogen-bond donors (Lipinski definition) is 1. The zero-order valence-corrected chi connectivity index (χ0v) is 11.2. The molecule has 3 heteroatoms. The van der Waals surface area contributed by atoms with Gasteiger partial charge in [-0.2, -0.15) is 5.26 Å². The number of Topliss-reactive ketones (excluding diaryl/α,β-unsaturated/α-hetero) is 1. The fourth-order valence-electron chi connectivity index (χ4n) is 2.10. The fourth-order valence-corrected chi connectivity index (χ4v) is 2.10. The number of carbonyl (C=O) groups is 1. The summed E-state index contributed by atoms with van der Waals surface area (Å²) in [4.78, 5) is 12.4. The van der Waals surface area contributed by atoms with Crippen molar-refractivity contribution in [1.82, 2.24) is 0 Å². The maximum absolute atomic E-state index is 12.4. The van der Waals surface area contributed by atoms with Gasteiger partial charge in [0.05, 0.1) is 12.0 Å². The van der Waals surface area contributed by atoms with Crippen LogP contribution in [0.1, 0.15) is 40.4 Å². The molecule has 2 rings (SSSR count). The Morgan fingerprint density at radius 2 is 1.70 bits per heavy atom. The van der Waals surface area contributed by atoms with Crippen LogP contribution in [0.5, 0.6) is 0 Å². The minimum absolute atomic E-state index is 0.381. The van der Waals surface area contributed by atoms with Crippen LogP contribution < -0.4 is 0 Å². The van der Waals surface area contributed by atoms with Gasteiger partial charge in [-0.05, 0) is 18.1 Å². The molecule has 100 valence electrons. The van der Waals surface area contributed by atoms with Crippen LogP contribution in [-0.2, 0) is 0 Å². The van der Waals surface area contributed by atoms with Crippen LogP contribution in [0.25, 0.3) is 0 Å². The maximum atomic E-state index is 12.4. The first kappa shape index (κ1) is 14.0. The first-order valence-corrected chi connectivity index (χ1v) is 6.41. The number of rotatable bonds is 4. The second kappa shape index (κ2) is 6.14. The van der Waals surface area contributed by atoms with Gasteiger partial charge in [0, 0.05) is 5.56 Å². The van der Waals surface area contributed by atoms with Crippen molar-refractivity contribution in [1.29, 1.82) is 5.26 Å². The van der Waals surface area contributed by atoms with E-state index in [0.717, 1.165) is 0 Å². The van der Waals surface area contributed by atoms with Crippen LogP contribution in [-0.4, -0.2) is 10.9 Å². The molecule has 2 aromatic carbocycles. The Morgan fingerprint density at radius 3 is 2.35 bits per heavy atom. The minimum Gasteiger partial charge on any atom is -0.380 e. The van der Waals surface area contributed by atoms with Gasteiger partial charge in [-0.1, -0.05) is 54.6 Å². The van der Waals surface area contributed by atoms with E-state index in [-0.39, 0.29) is 5.78 Å². The van der Waals surface area contributed by atoms with Gasteiger partial charge in [-0.3, -0.25) is 4.79 Å². The highest BCUT2D eigenvalue weighted by Crippen LogP contribution is 2.25. The number of aliphatic hydroxyl groups is 1. The van der Waals surface area contributed by atoms with Crippen molar-refractivity contribution in [3.05, 3.63) is 71.3 Å². The van der Waals surface area contributed by atoms with Crippen molar-refractivity contribution in [2.24, 2.45) is 0 Å². The summed E-state index contributed by atoms with van der Waals surface area (Å²) in [5, 5.41) is 19.2. The molecule has 0 aliphatic heterocycles. The molecule has 2 atom stereocenters. The Labute approximate surface area is 118 Å². The summed E-state index contributed by atoms with van der Waals surface area (Å²) in [6.45, 7) is 1.74. The SMILES string of the molecule is CC(C#N)c1ccccc1C(=O)C(O)c1ccccc1. The summed E-state index contributed by atoms with van der Waals surface area (Å²) in [6.07, 6.45) is -1.21. The first-order valence-electron chi connectivity index (χ1n) is 6.41. The van der Waals surface area contributed by atoms with Crippen LogP contribution in [0.15, 0.2) is 54.6 Å². The van der Waals surface area contributed by atoms with Crippen LogP contribution in [0.4, 0.5) is 0 Å². The fraction of sp³-hybridized carbons (Fsp3) is 0.176. The largest absolute Gasteiger partial charge is 0.380 e. The Balaban J connectivity index is 2.37. The summed E-state index contributed by atoms with van der Waals surface area (Å²) in [5.74, 6) is -0.771. The molecular formula is C17H15NO2. The average Bonchev–Trinajstić information content (AvgIpc) is 2.53. The summed E-state index contributed by atoms with van der Waals surface area (Å²) >= 11 is 0. The zero-order chi connectivity index (χ0) is 14.5. The number of ketones is 1. The quantitative estimate of drug-likeness (QED) is 0.863. The summed E-state index contributed by atoms with van der Waals surface area (Å²) in [6, 6.07) is 17.8. The third-order valence-corrected chi connectivity index (χ3v) is 3.25. The molecule has 0 fully saturated rings. The highest BCUT2D eigenvalue weighted by molar-refractivity contribution is 6.01. The number of carbonyl (C=O) groups excluding carboxylic acids is 1. The molecule has 0 amide bonds. The van der Waals surface area contributed by atoms with Gasteiger partial charge in [0.25, 0.3) is 0 Å². The molecule has 2 aromatic rings. The van der Waals surface area contributed by atoms with Gasteiger partial charge in [-0.25, -0.2) is 0 Å². The number of nitriles is 1. The third-order valence-electron chi connectivity index (χ3n) is 3.25. The molecule has 0 radical (unpaired) electrons. The lowest BCUT2D eigenvalue weighted by atomic mass is 9.91. The highest BCUT2D eigenvalue weighted by atomic mass is 16.3. The molecule has 3 nitrogen and oxygen atoms in total. The Kier molecular flexibility index (Phi) is 4.29. The molecule has 0 bridgehead atoms. The molecule has 20 heavy (non-hydrogen) atoms. The Morgan fingerprint density at radius 1 is 1.10 bits per heavy atom. The van der Waals surface area contributed by atoms with Gasteiger partial charge in [-0.15, -0.1) is 0 Å². The van der Waals surface area contributed by atoms with Crippen LogP contribution in [0.3, 0.4) is 0 Å². The molecule has 0 saturated heterocycles. The average molecular weight is 265 g/mol. The second-order valence-corrected chi connectivity index (χ2v) is 4.62. The maximum Gasteiger partial charge on any atom is 0.196 e. The Hall–Kier alpha value is -2.44. The topological polar surface area (TPSA) is 61.1 Å². The lowest BCUT2D eigenvalue weighted by Gasteiger charge is -2.14.